The molecule has 1 aromatic rings. The zero-order valence-electron chi connectivity index (χ0n) is 11.9. The van der Waals surface area contributed by atoms with Crippen LogP contribution in [0.4, 0.5) is 0 Å². The molecule has 1 atom stereocenters. The number of nitrogens with two attached hydrogens (primary N) is 1. The van der Waals surface area contributed by atoms with Crippen LogP contribution in [-0.4, -0.2) is 59.1 Å². The molecule has 0 aliphatic carbocycles. The van der Waals surface area contributed by atoms with Crippen LogP contribution in [0.15, 0.2) is 10.7 Å². The van der Waals surface area contributed by atoms with E-state index in [2.05, 4.69) is 10.1 Å². The van der Waals surface area contributed by atoms with Crippen LogP contribution in [0.1, 0.15) is 35.4 Å². The lowest BCUT2D eigenvalue weighted by Crippen LogP contribution is -2.46. The number of hydrogen-bond acceptors (Lipinski definition) is 5. The molecule has 20 heavy (non-hydrogen) atoms. The summed E-state index contributed by atoms with van der Waals surface area (Å²) in [6.07, 6.45) is 4.70. The fourth-order valence-corrected chi connectivity index (χ4v) is 3.18. The van der Waals surface area contributed by atoms with Gasteiger partial charge < -0.3 is 15.2 Å². The monoisotopic (exact) mass is 278 g/mol. The number of amides is 1. The van der Waals surface area contributed by atoms with Crippen LogP contribution < -0.4 is 5.73 Å². The third-order valence-electron chi connectivity index (χ3n) is 4.52. The van der Waals surface area contributed by atoms with Crippen molar-refractivity contribution in [2.45, 2.75) is 38.3 Å². The molecule has 2 aliphatic heterocycles. The Hall–Kier alpha value is -1.40. The zero-order chi connectivity index (χ0) is 14.1. The van der Waals surface area contributed by atoms with Crippen molar-refractivity contribution < 1.29 is 9.32 Å². The highest BCUT2D eigenvalue weighted by Crippen LogP contribution is 2.22. The van der Waals surface area contributed by atoms with Gasteiger partial charge in [-0.15, -0.1) is 0 Å². The summed E-state index contributed by atoms with van der Waals surface area (Å²) in [5.74, 6) is 0.641. The van der Waals surface area contributed by atoms with Gasteiger partial charge in [-0.3, -0.25) is 9.69 Å². The molecule has 110 valence electrons. The Morgan fingerprint density at radius 3 is 2.75 bits per heavy atom. The van der Waals surface area contributed by atoms with Crippen molar-refractivity contribution in [3.63, 3.8) is 0 Å². The first kappa shape index (κ1) is 13.6. The van der Waals surface area contributed by atoms with Gasteiger partial charge in [0.1, 0.15) is 11.3 Å². The minimum Gasteiger partial charge on any atom is -0.361 e. The Morgan fingerprint density at radius 1 is 1.35 bits per heavy atom. The van der Waals surface area contributed by atoms with Crippen molar-refractivity contribution in [1.82, 2.24) is 15.0 Å². The fraction of sp³-hybridized carbons (Fsp3) is 0.714. The van der Waals surface area contributed by atoms with E-state index in [1.165, 1.54) is 6.20 Å². The van der Waals surface area contributed by atoms with E-state index in [1.54, 1.807) is 6.92 Å². The van der Waals surface area contributed by atoms with Crippen LogP contribution in [0.5, 0.6) is 0 Å². The number of likely N-dealkylation sites (tertiary alicyclic amines) is 2. The molecule has 2 fully saturated rings. The van der Waals surface area contributed by atoms with Crippen molar-refractivity contribution >= 4 is 5.91 Å². The third-order valence-corrected chi connectivity index (χ3v) is 4.52. The Balaban J connectivity index is 1.59. The van der Waals surface area contributed by atoms with Gasteiger partial charge in [0, 0.05) is 25.2 Å². The fourth-order valence-electron chi connectivity index (χ4n) is 3.18. The number of hydrogen-bond donors (Lipinski definition) is 1. The molecule has 3 heterocycles. The van der Waals surface area contributed by atoms with Gasteiger partial charge in [0.05, 0.1) is 6.20 Å². The second-order valence-corrected chi connectivity index (χ2v) is 5.86. The van der Waals surface area contributed by atoms with Gasteiger partial charge in [-0.1, -0.05) is 5.16 Å². The zero-order valence-corrected chi connectivity index (χ0v) is 11.9. The molecule has 0 bridgehead atoms. The predicted octanol–water partition coefficient (Wildman–Crippen LogP) is 0.621. The van der Waals surface area contributed by atoms with Gasteiger partial charge in [0.15, 0.2) is 0 Å². The SMILES string of the molecule is Cc1oncc1C(=O)N1CCC(N2CCC(N)CC2)C1. The minimum atomic E-state index is 0.0416. The van der Waals surface area contributed by atoms with E-state index >= 15 is 0 Å². The maximum Gasteiger partial charge on any atom is 0.259 e. The highest BCUT2D eigenvalue weighted by molar-refractivity contribution is 5.95. The van der Waals surface area contributed by atoms with Crippen LogP contribution in [0.3, 0.4) is 0 Å². The predicted molar refractivity (Wildman–Crippen MR) is 74.3 cm³/mol. The van der Waals surface area contributed by atoms with Crippen LogP contribution in [0.25, 0.3) is 0 Å². The van der Waals surface area contributed by atoms with E-state index in [1.807, 2.05) is 4.90 Å². The molecule has 2 aliphatic rings. The van der Waals surface area contributed by atoms with E-state index in [0.717, 1.165) is 45.4 Å². The van der Waals surface area contributed by atoms with Crippen LogP contribution in [0, 0.1) is 6.92 Å². The van der Waals surface area contributed by atoms with E-state index in [0.29, 0.717) is 23.4 Å². The molecule has 3 rings (SSSR count). The molecule has 1 aromatic heterocycles. The topological polar surface area (TPSA) is 75.6 Å². The summed E-state index contributed by atoms with van der Waals surface area (Å²) in [6.45, 7) is 5.51. The van der Waals surface area contributed by atoms with E-state index in [9.17, 15) is 4.79 Å². The number of carbonyl (C=O) groups is 1. The first-order chi connectivity index (χ1) is 9.65. The smallest absolute Gasteiger partial charge is 0.259 e. The maximum absolute atomic E-state index is 12.4. The van der Waals surface area contributed by atoms with Gasteiger partial charge in [-0.2, -0.15) is 0 Å². The molecule has 6 heteroatoms. The normalized spacial score (nSPS) is 25.3. The van der Waals surface area contributed by atoms with Crippen molar-refractivity contribution in [2.75, 3.05) is 26.2 Å². The van der Waals surface area contributed by atoms with Gasteiger partial charge in [-0.05, 0) is 39.3 Å². The maximum atomic E-state index is 12.4. The Bertz CT molecular complexity index is 479. The summed E-state index contributed by atoms with van der Waals surface area (Å²) in [5, 5.41) is 3.68. The van der Waals surface area contributed by atoms with Crippen molar-refractivity contribution in [2.24, 2.45) is 5.73 Å². The van der Waals surface area contributed by atoms with Crippen LogP contribution in [0.2, 0.25) is 0 Å². The number of rotatable bonds is 2. The molecule has 0 spiro atoms. The van der Waals surface area contributed by atoms with Crippen LogP contribution in [-0.2, 0) is 0 Å². The number of aryl methyl sites for hydroxylation is 1. The van der Waals surface area contributed by atoms with Crippen molar-refractivity contribution in [3.05, 3.63) is 17.5 Å². The summed E-state index contributed by atoms with van der Waals surface area (Å²) >= 11 is 0. The molecule has 2 saturated heterocycles. The Labute approximate surface area is 118 Å². The van der Waals surface area contributed by atoms with Crippen molar-refractivity contribution in [3.8, 4) is 0 Å². The average molecular weight is 278 g/mol. The summed E-state index contributed by atoms with van der Waals surface area (Å²) < 4.78 is 4.98. The standard InChI is InChI=1S/C14H22N4O2/c1-10-13(8-16-20-10)14(19)18-7-4-12(9-18)17-5-2-11(15)3-6-17/h8,11-12H,2-7,9,15H2,1H3. The molecule has 0 radical (unpaired) electrons. The van der Waals surface area contributed by atoms with E-state index < -0.39 is 0 Å². The minimum absolute atomic E-state index is 0.0416. The van der Waals surface area contributed by atoms with E-state index in [4.69, 9.17) is 10.3 Å². The van der Waals surface area contributed by atoms with Gasteiger partial charge in [-0.25, -0.2) is 0 Å². The van der Waals surface area contributed by atoms with Crippen LogP contribution >= 0.6 is 0 Å². The second-order valence-electron chi connectivity index (χ2n) is 5.86. The molecular formula is C14H22N4O2. The summed E-state index contributed by atoms with van der Waals surface area (Å²) in [7, 11) is 0. The first-order valence-electron chi connectivity index (χ1n) is 7.35. The molecule has 2 N–H and O–H groups in total. The molecule has 0 saturated carbocycles. The number of carbonyl (C=O) groups excluding carboxylic acids is 1. The summed E-state index contributed by atoms with van der Waals surface area (Å²) in [4.78, 5) is 16.8. The Morgan fingerprint density at radius 2 is 2.10 bits per heavy atom. The highest BCUT2D eigenvalue weighted by atomic mass is 16.5. The lowest BCUT2D eigenvalue weighted by Gasteiger charge is -2.34. The van der Waals surface area contributed by atoms with Gasteiger partial charge in [0.2, 0.25) is 0 Å². The number of piperidine rings is 1. The lowest BCUT2D eigenvalue weighted by molar-refractivity contribution is 0.0767. The molecule has 6 nitrogen and oxygen atoms in total. The summed E-state index contributed by atoms with van der Waals surface area (Å²) in [6, 6.07) is 0.830. The van der Waals surface area contributed by atoms with Crippen molar-refractivity contribution in [1.29, 1.82) is 0 Å². The third kappa shape index (κ3) is 2.58. The highest BCUT2D eigenvalue weighted by Gasteiger charge is 2.33. The largest absolute Gasteiger partial charge is 0.361 e. The molecule has 1 amide bonds. The van der Waals surface area contributed by atoms with Gasteiger partial charge >= 0.3 is 0 Å². The van der Waals surface area contributed by atoms with Gasteiger partial charge in [0.25, 0.3) is 5.91 Å². The number of aromatic nitrogens is 1. The molecule has 0 aromatic carbocycles. The Kier molecular flexibility index (Phi) is 3.76. The molecule has 1 unspecified atom stereocenters. The molecular weight excluding hydrogens is 256 g/mol. The van der Waals surface area contributed by atoms with E-state index in [-0.39, 0.29) is 5.91 Å². The lowest BCUT2D eigenvalue weighted by atomic mass is 10.0. The second kappa shape index (κ2) is 5.54. The first-order valence-corrected chi connectivity index (χ1v) is 7.35. The quantitative estimate of drug-likeness (QED) is 0.858. The number of nitrogens with zero attached hydrogens (tertiary/aromatic N) is 3. The average Bonchev–Trinajstić information content (AvgIpc) is 3.08. The summed E-state index contributed by atoms with van der Waals surface area (Å²) in [5.41, 5.74) is 6.53.